The molecule has 1 rings (SSSR count). The Bertz CT molecular complexity index is 527. The lowest BCUT2D eigenvalue weighted by atomic mass is 10.3. The first kappa shape index (κ1) is 18.1. The Morgan fingerprint density at radius 2 is 2.05 bits per heavy atom. The minimum Gasteiger partial charge on any atom is -0.326 e. The van der Waals surface area contributed by atoms with Gasteiger partial charge in [-0.25, -0.2) is 13.1 Å². The van der Waals surface area contributed by atoms with E-state index in [1.807, 2.05) is 6.92 Å². The SMILES string of the molecule is CCN(CC)CC(C)NS(=O)(=O)c1cc(CN)sc1Br. The molecule has 0 saturated heterocycles. The van der Waals surface area contributed by atoms with Crippen molar-refractivity contribution in [2.24, 2.45) is 5.73 Å². The van der Waals surface area contributed by atoms with Gasteiger partial charge in [0.1, 0.15) is 4.90 Å². The smallest absolute Gasteiger partial charge is 0.242 e. The fourth-order valence-electron chi connectivity index (χ4n) is 1.92. The topological polar surface area (TPSA) is 75.4 Å². The number of likely N-dealkylation sites (N-methyl/N-ethyl adjacent to an activating group) is 1. The first-order valence-electron chi connectivity index (χ1n) is 6.57. The molecule has 0 radical (unpaired) electrons. The average Bonchev–Trinajstić information content (AvgIpc) is 2.77. The molecule has 1 atom stereocenters. The average molecular weight is 384 g/mol. The molecule has 0 aliphatic carbocycles. The molecular formula is C12H22BrN3O2S2. The molecule has 0 spiro atoms. The number of hydrogen-bond acceptors (Lipinski definition) is 5. The van der Waals surface area contributed by atoms with Gasteiger partial charge in [-0.2, -0.15) is 0 Å². The van der Waals surface area contributed by atoms with Crippen molar-refractivity contribution < 1.29 is 8.42 Å². The van der Waals surface area contributed by atoms with E-state index < -0.39 is 10.0 Å². The lowest BCUT2D eigenvalue weighted by molar-refractivity contribution is 0.282. The number of nitrogens with zero attached hydrogens (tertiary/aromatic N) is 1. The van der Waals surface area contributed by atoms with Crippen molar-refractivity contribution in [2.75, 3.05) is 19.6 Å². The molecule has 1 unspecified atom stereocenters. The summed E-state index contributed by atoms with van der Waals surface area (Å²) in [5.41, 5.74) is 5.55. The van der Waals surface area contributed by atoms with E-state index in [1.54, 1.807) is 6.07 Å². The molecule has 3 N–H and O–H groups in total. The van der Waals surface area contributed by atoms with Crippen LogP contribution in [0.4, 0.5) is 0 Å². The Labute approximate surface area is 133 Å². The summed E-state index contributed by atoms with van der Waals surface area (Å²) in [5.74, 6) is 0. The van der Waals surface area contributed by atoms with Crippen LogP contribution in [0.2, 0.25) is 0 Å². The van der Waals surface area contributed by atoms with Crippen LogP contribution in [0, 0.1) is 0 Å². The minimum atomic E-state index is -3.51. The van der Waals surface area contributed by atoms with Gasteiger partial charge in [0.15, 0.2) is 0 Å². The van der Waals surface area contributed by atoms with Crippen molar-refractivity contribution in [3.8, 4) is 0 Å². The standard InChI is InChI=1S/C12H22BrN3O2S2/c1-4-16(5-2)8-9(3)15-20(17,18)11-6-10(7-14)19-12(11)13/h6,9,15H,4-5,7-8,14H2,1-3H3. The first-order chi connectivity index (χ1) is 9.33. The van der Waals surface area contributed by atoms with Crippen LogP contribution in [-0.2, 0) is 16.6 Å². The van der Waals surface area contributed by atoms with Crippen LogP contribution in [0.3, 0.4) is 0 Å². The molecule has 1 aromatic rings. The number of rotatable bonds is 8. The van der Waals surface area contributed by atoms with Crippen molar-refractivity contribution >= 4 is 37.3 Å². The summed E-state index contributed by atoms with van der Waals surface area (Å²) >= 11 is 4.65. The van der Waals surface area contributed by atoms with Gasteiger partial charge in [0.05, 0.1) is 3.79 Å². The number of sulfonamides is 1. The molecule has 1 aromatic heterocycles. The maximum atomic E-state index is 12.4. The summed E-state index contributed by atoms with van der Waals surface area (Å²) in [5, 5.41) is 0. The van der Waals surface area contributed by atoms with Crippen LogP contribution >= 0.6 is 27.3 Å². The minimum absolute atomic E-state index is 0.145. The molecule has 0 bridgehead atoms. The molecule has 0 saturated carbocycles. The van der Waals surface area contributed by atoms with Crippen LogP contribution in [-0.4, -0.2) is 39.0 Å². The van der Waals surface area contributed by atoms with E-state index in [-0.39, 0.29) is 10.9 Å². The second-order valence-corrected chi connectivity index (χ2v) is 8.70. The van der Waals surface area contributed by atoms with Gasteiger partial charge in [-0.05, 0) is 42.0 Å². The molecule has 8 heteroatoms. The first-order valence-corrected chi connectivity index (χ1v) is 9.66. The normalized spacial score (nSPS) is 13.9. The van der Waals surface area contributed by atoms with Gasteiger partial charge in [0.25, 0.3) is 0 Å². The van der Waals surface area contributed by atoms with Crippen molar-refractivity contribution in [1.82, 2.24) is 9.62 Å². The van der Waals surface area contributed by atoms with Gasteiger partial charge in [-0.1, -0.05) is 13.8 Å². The van der Waals surface area contributed by atoms with E-state index in [4.69, 9.17) is 5.73 Å². The molecule has 20 heavy (non-hydrogen) atoms. The fraction of sp³-hybridized carbons (Fsp3) is 0.667. The van der Waals surface area contributed by atoms with E-state index in [0.29, 0.717) is 16.9 Å². The molecule has 0 aromatic carbocycles. The highest BCUT2D eigenvalue weighted by Crippen LogP contribution is 2.31. The van der Waals surface area contributed by atoms with Crippen LogP contribution in [0.1, 0.15) is 25.6 Å². The summed E-state index contributed by atoms with van der Waals surface area (Å²) < 4.78 is 28.0. The predicted molar refractivity (Wildman–Crippen MR) is 87.5 cm³/mol. The van der Waals surface area contributed by atoms with E-state index in [2.05, 4.69) is 39.4 Å². The van der Waals surface area contributed by atoms with E-state index in [0.717, 1.165) is 18.0 Å². The molecule has 0 fully saturated rings. The highest BCUT2D eigenvalue weighted by atomic mass is 79.9. The second-order valence-electron chi connectivity index (χ2n) is 4.56. The van der Waals surface area contributed by atoms with E-state index >= 15 is 0 Å². The quantitative estimate of drug-likeness (QED) is 0.719. The van der Waals surface area contributed by atoms with Crippen LogP contribution in [0.15, 0.2) is 14.7 Å². The third-order valence-electron chi connectivity index (χ3n) is 2.98. The van der Waals surface area contributed by atoms with Gasteiger partial charge in [0.2, 0.25) is 10.0 Å². The highest BCUT2D eigenvalue weighted by Gasteiger charge is 2.23. The zero-order valence-electron chi connectivity index (χ0n) is 12.0. The monoisotopic (exact) mass is 383 g/mol. The van der Waals surface area contributed by atoms with Gasteiger partial charge in [0, 0.05) is 24.0 Å². The van der Waals surface area contributed by atoms with Crippen LogP contribution in [0.25, 0.3) is 0 Å². The van der Waals surface area contributed by atoms with Crippen molar-refractivity contribution in [2.45, 2.75) is 38.3 Å². The van der Waals surface area contributed by atoms with E-state index in [9.17, 15) is 8.42 Å². The summed E-state index contributed by atoms with van der Waals surface area (Å²) in [4.78, 5) is 3.30. The van der Waals surface area contributed by atoms with Crippen molar-refractivity contribution in [3.63, 3.8) is 0 Å². The van der Waals surface area contributed by atoms with Crippen LogP contribution in [0.5, 0.6) is 0 Å². The highest BCUT2D eigenvalue weighted by molar-refractivity contribution is 9.11. The van der Waals surface area contributed by atoms with E-state index in [1.165, 1.54) is 11.3 Å². The molecule has 0 amide bonds. The van der Waals surface area contributed by atoms with Gasteiger partial charge in [-0.15, -0.1) is 11.3 Å². The Balaban J connectivity index is 2.81. The van der Waals surface area contributed by atoms with Crippen LogP contribution < -0.4 is 10.5 Å². The predicted octanol–water partition coefficient (Wildman–Crippen LogP) is 1.98. The molecule has 1 heterocycles. The Hall–Kier alpha value is 0.01000. The Morgan fingerprint density at radius 1 is 1.45 bits per heavy atom. The van der Waals surface area contributed by atoms with Crippen molar-refractivity contribution in [3.05, 3.63) is 14.7 Å². The number of nitrogens with two attached hydrogens (primary N) is 1. The number of thiophene rings is 1. The van der Waals surface area contributed by atoms with Gasteiger partial charge < -0.3 is 10.6 Å². The number of hydrogen-bond donors (Lipinski definition) is 2. The Kier molecular flexibility index (Phi) is 7.10. The lowest BCUT2D eigenvalue weighted by Crippen LogP contribution is -2.41. The maximum absolute atomic E-state index is 12.4. The summed E-state index contributed by atoms with van der Waals surface area (Å²) in [6.45, 7) is 8.84. The molecule has 0 aliphatic heterocycles. The zero-order chi connectivity index (χ0) is 15.3. The fourth-order valence-corrected chi connectivity index (χ4v) is 5.71. The summed E-state index contributed by atoms with van der Waals surface area (Å²) in [7, 11) is -3.51. The number of halogens is 1. The molecule has 116 valence electrons. The van der Waals surface area contributed by atoms with Gasteiger partial charge >= 0.3 is 0 Å². The third-order valence-corrected chi connectivity index (χ3v) is 6.84. The number of nitrogens with one attached hydrogen (secondary N) is 1. The summed E-state index contributed by atoms with van der Waals surface area (Å²) in [6.07, 6.45) is 0. The third kappa shape index (κ3) is 4.78. The summed E-state index contributed by atoms with van der Waals surface area (Å²) in [6, 6.07) is 1.48. The maximum Gasteiger partial charge on any atom is 0.242 e. The molecule has 0 aliphatic rings. The largest absolute Gasteiger partial charge is 0.326 e. The molecule has 5 nitrogen and oxygen atoms in total. The lowest BCUT2D eigenvalue weighted by Gasteiger charge is -2.23. The van der Waals surface area contributed by atoms with Gasteiger partial charge in [-0.3, -0.25) is 0 Å². The Morgan fingerprint density at radius 3 is 2.50 bits per heavy atom. The second kappa shape index (κ2) is 7.86. The zero-order valence-corrected chi connectivity index (χ0v) is 15.2. The van der Waals surface area contributed by atoms with Crippen molar-refractivity contribution in [1.29, 1.82) is 0 Å². The molecular weight excluding hydrogens is 362 g/mol.